The average Bonchev–Trinajstić information content (AvgIpc) is 2.50. The van der Waals surface area contributed by atoms with E-state index in [0.717, 1.165) is 23.4 Å². The molecule has 3 rings (SSSR count). The highest BCUT2D eigenvalue weighted by atomic mass is 32.2. The fourth-order valence-corrected chi connectivity index (χ4v) is 3.76. The first-order chi connectivity index (χ1) is 10.6. The molecule has 1 aliphatic heterocycles. The molecule has 6 heteroatoms. The first kappa shape index (κ1) is 15.1. The Morgan fingerprint density at radius 2 is 2.09 bits per heavy atom. The molecule has 1 aliphatic carbocycles. The van der Waals surface area contributed by atoms with E-state index in [0.29, 0.717) is 12.8 Å². The molecule has 0 radical (unpaired) electrons. The van der Waals surface area contributed by atoms with Crippen LogP contribution < -0.4 is 5.32 Å². The third-order valence-corrected chi connectivity index (χ3v) is 5.11. The molecule has 1 aromatic carbocycles. The maximum atomic E-state index is 12.0. The first-order valence-corrected chi connectivity index (χ1v) is 8.30. The van der Waals surface area contributed by atoms with Crippen molar-refractivity contribution in [3.8, 4) is 0 Å². The summed E-state index contributed by atoms with van der Waals surface area (Å²) in [6.07, 6.45) is 2.20. The Morgan fingerprint density at radius 1 is 1.27 bits per heavy atom. The van der Waals surface area contributed by atoms with E-state index >= 15 is 0 Å². The lowest BCUT2D eigenvalue weighted by molar-refractivity contribution is -0.157. The fraction of sp³-hybridized carbons (Fsp3) is 0.438. The lowest BCUT2D eigenvalue weighted by Crippen LogP contribution is -2.34. The summed E-state index contributed by atoms with van der Waals surface area (Å²) in [5.41, 5.74) is 0.768. The van der Waals surface area contributed by atoms with Gasteiger partial charge in [0, 0.05) is 11.3 Å². The van der Waals surface area contributed by atoms with Gasteiger partial charge in [-0.1, -0.05) is 12.1 Å². The van der Waals surface area contributed by atoms with Crippen LogP contribution >= 0.6 is 11.8 Å². The number of ketones is 1. The third kappa shape index (κ3) is 3.32. The van der Waals surface area contributed by atoms with E-state index in [-0.39, 0.29) is 18.1 Å². The van der Waals surface area contributed by atoms with Gasteiger partial charge in [-0.3, -0.25) is 14.4 Å². The number of nitrogens with one attached hydrogen (secondary N) is 1. The van der Waals surface area contributed by atoms with Gasteiger partial charge < -0.3 is 10.1 Å². The van der Waals surface area contributed by atoms with E-state index < -0.39 is 17.3 Å². The molecule has 5 nitrogen and oxygen atoms in total. The summed E-state index contributed by atoms with van der Waals surface area (Å²) in [5.74, 6) is -0.686. The number of thioether (sulfide) groups is 1. The Morgan fingerprint density at radius 3 is 2.91 bits per heavy atom. The summed E-state index contributed by atoms with van der Waals surface area (Å²) in [5, 5.41) is 2.28. The number of benzene rings is 1. The second kappa shape index (κ2) is 6.52. The number of rotatable bonds is 3. The van der Waals surface area contributed by atoms with Gasteiger partial charge in [0.2, 0.25) is 5.91 Å². The van der Waals surface area contributed by atoms with Crippen LogP contribution in [-0.2, 0) is 19.1 Å². The molecular weight excluding hydrogens is 302 g/mol. The predicted octanol–water partition coefficient (Wildman–Crippen LogP) is 2.54. The molecule has 1 amide bonds. The normalized spacial score (nSPS) is 24.4. The Labute approximate surface area is 132 Å². The highest BCUT2D eigenvalue weighted by Crippen LogP contribution is 2.36. The van der Waals surface area contributed by atoms with Crippen LogP contribution in [0.5, 0.6) is 0 Å². The number of amides is 1. The predicted molar refractivity (Wildman–Crippen MR) is 82.7 cm³/mol. The third-order valence-electron chi connectivity index (χ3n) is 3.83. The number of Topliss-reactive ketones (excluding diaryl/α,β-unsaturated/α-hetero) is 1. The van der Waals surface area contributed by atoms with E-state index in [1.165, 1.54) is 11.8 Å². The van der Waals surface area contributed by atoms with Gasteiger partial charge in [-0.05, 0) is 31.4 Å². The van der Waals surface area contributed by atoms with Gasteiger partial charge in [-0.15, -0.1) is 11.8 Å². The molecule has 2 aliphatic rings. The lowest BCUT2D eigenvalue weighted by Gasteiger charge is -2.25. The van der Waals surface area contributed by atoms with Crippen LogP contribution in [0.15, 0.2) is 29.2 Å². The smallest absolute Gasteiger partial charge is 0.308 e. The van der Waals surface area contributed by atoms with Crippen LogP contribution in [0.2, 0.25) is 0 Å². The van der Waals surface area contributed by atoms with Crippen molar-refractivity contribution >= 4 is 35.1 Å². The Kier molecular flexibility index (Phi) is 4.47. The monoisotopic (exact) mass is 319 g/mol. The molecule has 22 heavy (non-hydrogen) atoms. The highest BCUT2D eigenvalue weighted by molar-refractivity contribution is 8.01. The lowest BCUT2D eigenvalue weighted by atomic mass is 9.96. The van der Waals surface area contributed by atoms with Crippen molar-refractivity contribution < 1.29 is 19.1 Å². The van der Waals surface area contributed by atoms with Gasteiger partial charge in [-0.25, -0.2) is 0 Å². The topological polar surface area (TPSA) is 72.5 Å². The quantitative estimate of drug-likeness (QED) is 0.867. The average molecular weight is 319 g/mol. The van der Waals surface area contributed by atoms with Crippen molar-refractivity contribution in [3.05, 3.63) is 24.3 Å². The van der Waals surface area contributed by atoms with Gasteiger partial charge in [0.05, 0.1) is 17.4 Å². The molecule has 0 unspecified atom stereocenters. The Balaban J connectivity index is 1.60. The minimum atomic E-state index is -0.620. The second-order valence-electron chi connectivity index (χ2n) is 5.49. The maximum absolute atomic E-state index is 12.0. The van der Waals surface area contributed by atoms with Crippen LogP contribution in [0.25, 0.3) is 0 Å². The number of carbonyl (C=O) groups excluding carboxylic acids is 3. The van der Waals surface area contributed by atoms with Crippen molar-refractivity contribution in [2.45, 2.75) is 48.4 Å². The summed E-state index contributed by atoms with van der Waals surface area (Å²) in [7, 11) is 0. The van der Waals surface area contributed by atoms with Crippen molar-refractivity contribution in [1.29, 1.82) is 0 Å². The largest absolute Gasteiger partial charge is 0.454 e. The fourth-order valence-electron chi connectivity index (χ4n) is 2.66. The summed E-state index contributed by atoms with van der Waals surface area (Å²) >= 11 is 1.36. The summed E-state index contributed by atoms with van der Waals surface area (Å²) in [4.78, 5) is 36.7. The number of fused-ring (bicyclic) bond motifs is 1. The van der Waals surface area contributed by atoms with Crippen LogP contribution in [0.1, 0.15) is 32.1 Å². The zero-order valence-electron chi connectivity index (χ0n) is 12.0. The molecule has 1 heterocycles. The Bertz CT molecular complexity index is 616. The molecule has 0 bridgehead atoms. The van der Waals surface area contributed by atoms with Crippen molar-refractivity contribution in [3.63, 3.8) is 0 Å². The summed E-state index contributed by atoms with van der Waals surface area (Å²) in [6.45, 7) is 0. The minimum Gasteiger partial charge on any atom is -0.454 e. The zero-order chi connectivity index (χ0) is 15.5. The number of esters is 1. The second-order valence-corrected chi connectivity index (χ2v) is 6.73. The van der Waals surface area contributed by atoms with E-state index in [4.69, 9.17) is 4.74 Å². The van der Waals surface area contributed by atoms with Crippen molar-refractivity contribution in [2.75, 3.05) is 5.32 Å². The summed E-state index contributed by atoms with van der Waals surface area (Å²) in [6, 6.07) is 7.47. The van der Waals surface area contributed by atoms with E-state index in [2.05, 4.69) is 5.32 Å². The first-order valence-electron chi connectivity index (χ1n) is 7.42. The highest BCUT2D eigenvalue weighted by Gasteiger charge is 2.32. The van der Waals surface area contributed by atoms with Gasteiger partial charge >= 0.3 is 5.97 Å². The molecule has 0 aromatic heterocycles. The van der Waals surface area contributed by atoms with E-state index in [1.807, 2.05) is 24.3 Å². The molecule has 116 valence electrons. The molecule has 2 atom stereocenters. The van der Waals surface area contributed by atoms with Crippen LogP contribution in [0, 0.1) is 0 Å². The minimum absolute atomic E-state index is 0.00862. The molecule has 1 saturated carbocycles. The van der Waals surface area contributed by atoms with Crippen LogP contribution in [0.4, 0.5) is 5.69 Å². The van der Waals surface area contributed by atoms with Crippen molar-refractivity contribution in [1.82, 2.24) is 0 Å². The molecule has 0 spiro atoms. The van der Waals surface area contributed by atoms with Gasteiger partial charge in [0.15, 0.2) is 11.9 Å². The number of para-hydroxylation sites is 1. The standard InChI is InChI=1S/C16H17NO4S/c18-11-6-2-3-7-12(11)21-15(19)9-14-16(20)17-10-5-1-4-8-13(10)22-14/h1,4-5,8,12,14H,2-3,6-7,9H2,(H,17,20)/t12-,14-/m1/s1. The molecule has 1 N–H and O–H groups in total. The number of hydrogen-bond acceptors (Lipinski definition) is 5. The zero-order valence-corrected chi connectivity index (χ0v) is 12.9. The molecule has 1 fully saturated rings. The maximum Gasteiger partial charge on any atom is 0.308 e. The molecular formula is C16H17NO4S. The SMILES string of the molecule is O=C(C[C@H]1Sc2ccccc2NC1=O)O[C@@H]1CCCCC1=O. The molecule has 1 aromatic rings. The number of hydrogen-bond donors (Lipinski definition) is 1. The molecule has 0 saturated heterocycles. The van der Waals surface area contributed by atoms with Crippen LogP contribution in [0.3, 0.4) is 0 Å². The number of carbonyl (C=O) groups is 3. The van der Waals surface area contributed by atoms with Crippen molar-refractivity contribution in [2.24, 2.45) is 0 Å². The summed E-state index contributed by atoms with van der Waals surface area (Å²) < 4.78 is 5.26. The van der Waals surface area contributed by atoms with Gasteiger partial charge in [0.1, 0.15) is 0 Å². The number of ether oxygens (including phenoxy) is 1. The van der Waals surface area contributed by atoms with Gasteiger partial charge in [-0.2, -0.15) is 0 Å². The van der Waals surface area contributed by atoms with E-state index in [9.17, 15) is 14.4 Å². The van der Waals surface area contributed by atoms with Crippen LogP contribution in [-0.4, -0.2) is 29.0 Å². The van der Waals surface area contributed by atoms with Gasteiger partial charge in [0.25, 0.3) is 0 Å². The Hall–Kier alpha value is -1.82. The number of anilines is 1. The van der Waals surface area contributed by atoms with E-state index in [1.54, 1.807) is 0 Å².